The van der Waals surface area contributed by atoms with Crippen molar-refractivity contribution >= 4 is 65.3 Å². The molecule has 0 atom stereocenters. The molecule has 11 rings (SSSR count). The summed E-state index contributed by atoms with van der Waals surface area (Å²) in [7, 11) is 0. The van der Waals surface area contributed by atoms with Crippen LogP contribution in [0.3, 0.4) is 0 Å². The Morgan fingerprint density at radius 3 is 1.69 bits per heavy atom. The first-order valence-electron chi connectivity index (χ1n) is 17.7. The van der Waals surface area contributed by atoms with Gasteiger partial charge < -0.3 is 4.57 Å². The fourth-order valence-electron chi connectivity index (χ4n) is 8.07. The highest BCUT2D eigenvalue weighted by Gasteiger charge is 2.21. The van der Waals surface area contributed by atoms with Crippen LogP contribution in [0.5, 0.6) is 0 Å². The molecule has 3 heterocycles. The molecule has 0 fully saturated rings. The van der Waals surface area contributed by atoms with Crippen LogP contribution in [0.1, 0.15) is 0 Å². The first-order valence-corrected chi connectivity index (χ1v) is 17.7. The van der Waals surface area contributed by atoms with Gasteiger partial charge in [0.15, 0.2) is 0 Å². The van der Waals surface area contributed by atoms with Crippen LogP contribution in [-0.2, 0) is 0 Å². The number of rotatable bonds is 4. The lowest BCUT2D eigenvalue weighted by molar-refractivity contribution is 1.01. The maximum absolute atomic E-state index is 5.40. The topological polar surface area (TPSA) is 35.6 Å². The molecule has 8 aromatic carbocycles. The summed E-state index contributed by atoms with van der Waals surface area (Å²) in [4.78, 5) is 10.7. The van der Waals surface area contributed by atoms with Crippen molar-refractivity contribution in [2.24, 2.45) is 0 Å². The van der Waals surface area contributed by atoms with Gasteiger partial charge in [0.1, 0.15) is 0 Å². The summed E-state index contributed by atoms with van der Waals surface area (Å²) < 4.78 is 4.65. The van der Waals surface area contributed by atoms with Crippen molar-refractivity contribution in [3.63, 3.8) is 0 Å². The summed E-state index contributed by atoms with van der Waals surface area (Å²) in [5.41, 5.74) is 10.9. The summed E-state index contributed by atoms with van der Waals surface area (Å²) in [6.07, 6.45) is 0. The van der Waals surface area contributed by atoms with E-state index in [1.54, 1.807) is 0 Å². The summed E-state index contributed by atoms with van der Waals surface area (Å²) in [6, 6.07) is 64.9. The predicted octanol–water partition coefficient (Wildman–Crippen LogP) is 12.3. The minimum absolute atomic E-state index is 0.652. The van der Waals surface area contributed by atoms with Gasteiger partial charge in [-0.15, -0.1) is 0 Å². The van der Waals surface area contributed by atoms with Gasteiger partial charge in [-0.1, -0.05) is 133 Å². The molecule has 0 aliphatic heterocycles. The number of aromatic nitrogens is 4. The summed E-state index contributed by atoms with van der Waals surface area (Å²) >= 11 is 0. The zero-order valence-electron chi connectivity index (χ0n) is 28.1. The third-order valence-electron chi connectivity index (χ3n) is 10.5. The first kappa shape index (κ1) is 28.8. The van der Waals surface area contributed by atoms with Crippen LogP contribution < -0.4 is 0 Å². The predicted molar refractivity (Wildman–Crippen MR) is 217 cm³/mol. The Morgan fingerprint density at radius 2 is 0.885 bits per heavy atom. The first-order chi connectivity index (χ1) is 25.8. The van der Waals surface area contributed by atoms with Crippen molar-refractivity contribution in [2.45, 2.75) is 0 Å². The summed E-state index contributed by atoms with van der Waals surface area (Å²) in [6.45, 7) is 0. The molecule has 0 saturated carbocycles. The Balaban J connectivity index is 1.21. The molecule has 4 nitrogen and oxygen atoms in total. The van der Waals surface area contributed by atoms with Crippen LogP contribution in [0, 0.1) is 0 Å². The van der Waals surface area contributed by atoms with Gasteiger partial charge in [0.25, 0.3) is 0 Å². The smallest absolute Gasteiger partial charge is 0.235 e. The molecule has 4 heteroatoms. The largest absolute Gasteiger partial charge is 0.309 e. The van der Waals surface area contributed by atoms with Crippen LogP contribution in [0.2, 0.25) is 0 Å². The Morgan fingerprint density at radius 1 is 0.327 bits per heavy atom. The number of benzene rings is 8. The molecular weight excluding hydrogens is 633 g/mol. The lowest BCUT2D eigenvalue weighted by atomic mass is 10.0. The van der Waals surface area contributed by atoms with Crippen LogP contribution in [0.15, 0.2) is 182 Å². The van der Waals surface area contributed by atoms with Crippen LogP contribution in [-0.4, -0.2) is 19.1 Å². The molecule has 0 N–H and O–H groups in total. The molecule has 3 aromatic heterocycles. The standard InChI is InChI=1S/C48H30N4/c1-3-13-31(14-4-1)32-23-25-33(26-24-32)47-38-20-9-11-21-42(38)49-48(50-47)52-43-22-12-10-19-37(43)40-29-41-39-27-34-15-7-8-16-35(34)28-44(39)51(45(41)30-46(40)52)36-17-5-2-6-18-36/h1-30H. The van der Waals surface area contributed by atoms with E-state index < -0.39 is 0 Å². The minimum Gasteiger partial charge on any atom is -0.309 e. The van der Waals surface area contributed by atoms with Crippen molar-refractivity contribution in [1.82, 2.24) is 19.1 Å². The second kappa shape index (κ2) is 11.2. The molecular formula is C48H30N4. The second-order valence-electron chi connectivity index (χ2n) is 13.5. The van der Waals surface area contributed by atoms with E-state index in [1.807, 2.05) is 0 Å². The molecule has 0 amide bonds. The van der Waals surface area contributed by atoms with Crippen LogP contribution in [0.25, 0.3) is 99.3 Å². The normalized spacial score (nSPS) is 11.8. The Labute approximate surface area is 299 Å². The van der Waals surface area contributed by atoms with E-state index >= 15 is 0 Å². The van der Waals surface area contributed by atoms with Crippen LogP contribution >= 0.6 is 0 Å². The molecule has 0 aliphatic rings. The highest BCUT2D eigenvalue weighted by Crippen LogP contribution is 2.41. The zero-order chi connectivity index (χ0) is 34.2. The molecule has 11 aromatic rings. The van der Waals surface area contributed by atoms with E-state index in [1.165, 1.54) is 49.0 Å². The van der Waals surface area contributed by atoms with Gasteiger partial charge in [-0.2, -0.15) is 0 Å². The fourth-order valence-corrected chi connectivity index (χ4v) is 8.07. The van der Waals surface area contributed by atoms with Gasteiger partial charge in [-0.25, -0.2) is 9.97 Å². The zero-order valence-corrected chi connectivity index (χ0v) is 28.1. The lowest BCUT2D eigenvalue weighted by Gasteiger charge is -2.12. The second-order valence-corrected chi connectivity index (χ2v) is 13.5. The molecule has 0 bridgehead atoms. The molecule has 0 saturated heterocycles. The van der Waals surface area contributed by atoms with Gasteiger partial charge in [0.2, 0.25) is 5.95 Å². The van der Waals surface area contributed by atoms with E-state index in [0.717, 1.165) is 44.4 Å². The number of hydrogen-bond donors (Lipinski definition) is 0. The quantitative estimate of drug-likeness (QED) is 0.188. The van der Waals surface area contributed by atoms with Crippen molar-refractivity contribution in [1.29, 1.82) is 0 Å². The van der Waals surface area contributed by atoms with Gasteiger partial charge in [-0.05, 0) is 70.4 Å². The Kier molecular flexibility index (Phi) is 6.22. The Hall–Kier alpha value is -7.04. The molecule has 0 unspecified atom stereocenters. The monoisotopic (exact) mass is 662 g/mol. The van der Waals surface area contributed by atoms with Crippen molar-refractivity contribution in [3.05, 3.63) is 182 Å². The SMILES string of the molecule is c1ccc(-c2ccc(-c3nc(-n4c5ccccc5c5cc6c7cc8ccccc8cc7n(-c7ccccc7)c6cc54)nc4ccccc34)cc2)cc1. The molecule has 242 valence electrons. The maximum atomic E-state index is 5.40. The average molecular weight is 663 g/mol. The average Bonchev–Trinajstić information content (AvgIpc) is 3.70. The van der Waals surface area contributed by atoms with E-state index in [-0.39, 0.29) is 0 Å². The lowest BCUT2D eigenvalue weighted by Crippen LogP contribution is -2.03. The highest BCUT2D eigenvalue weighted by molar-refractivity contribution is 6.20. The number of para-hydroxylation sites is 3. The number of hydrogen-bond acceptors (Lipinski definition) is 2. The van der Waals surface area contributed by atoms with Gasteiger partial charge in [0.05, 0.1) is 33.3 Å². The summed E-state index contributed by atoms with van der Waals surface area (Å²) in [5, 5.41) is 8.29. The maximum Gasteiger partial charge on any atom is 0.235 e. The number of nitrogens with zero attached hydrogens (tertiary/aromatic N) is 4. The van der Waals surface area contributed by atoms with E-state index in [4.69, 9.17) is 9.97 Å². The van der Waals surface area contributed by atoms with Crippen molar-refractivity contribution < 1.29 is 0 Å². The van der Waals surface area contributed by atoms with Crippen molar-refractivity contribution in [2.75, 3.05) is 0 Å². The number of fused-ring (bicyclic) bond motifs is 8. The molecule has 52 heavy (non-hydrogen) atoms. The van der Waals surface area contributed by atoms with E-state index in [0.29, 0.717) is 5.95 Å². The third kappa shape index (κ3) is 4.34. The molecule has 0 aliphatic carbocycles. The summed E-state index contributed by atoms with van der Waals surface area (Å²) in [5.74, 6) is 0.652. The van der Waals surface area contributed by atoms with Gasteiger partial charge in [-0.3, -0.25) is 4.57 Å². The highest BCUT2D eigenvalue weighted by atomic mass is 15.2. The molecule has 0 radical (unpaired) electrons. The Bertz CT molecular complexity index is 3160. The van der Waals surface area contributed by atoms with Gasteiger partial charge in [0, 0.05) is 38.2 Å². The minimum atomic E-state index is 0.652. The third-order valence-corrected chi connectivity index (χ3v) is 10.5. The van der Waals surface area contributed by atoms with E-state index in [2.05, 4.69) is 191 Å². The van der Waals surface area contributed by atoms with Gasteiger partial charge >= 0.3 is 0 Å². The van der Waals surface area contributed by atoms with E-state index in [9.17, 15) is 0 Å². The van der Waals surface area contributed by atoms with Crippen molar-refractivity contribution in [3.8, 4) is 34.0 Å². The van der Waals surface area contributed by atoms with Crippen LogP contribution in [0.4, 0.5) is 0 Å². The fraction of sp³-hybridized carbons (Fsp3) is 0. The molecule has 0 spiro atoms.